The molecule has 0 aromatic carbocycles. The molecule has 2 N–H and O–H groups in total. The molecule has 6 nitrogen and oxygen atoms in total. The predicted molar refractivity (Wildman–Crippen MR) is 87.4 cm³/mol. The molecule has 0 saturated heterocycles. The Balaban J connectivity index is 2.13. The van der Waals surface area contributed by atoms with Crippen molar-refractivity contribution in [3.63, 3.8) is 0 Å². The number of rotatable bonds is 3. The molecular weight excluding hydrogens is 332 g/mol. The van der Waals surface area contributed by atoms with E-state index in [2.05, 4.69) is 4.98 Å². The van der Waals surface area contributed by atoms with Crippen molar-refractivity contribution < 1.29 is 14.1 Å². The van der Waals surface area contributed by atoms with Crippen LogP contribution in [0.25, 0.3) is 17.1 Å². The molecule has 23 heavy (non-hydrogen) atoms. The van der Waals surface area contributed by atoms with Crippen LogP contribution in [0.2, 0.25) is 0 Å². The Morgan fingerprint density at radius 2 is 2.22 bits per heavy atom. The van der Waals surface area contributed by atoms with Crippen LogP contribution in [0.3, 0.4) is 0 Å². The van der Waals surface area contributed by atoms with Crippen LogP contribution < -0.4 is 10.3 Å². The van der Waals surface area contributed by atoms with Gasteiger partial charge >= 0.3 is 16.8 Å². The summed E-state index contributed by atoms with van der Waals surface area (Å²) < 4.78 is 6.57. The van der Waals surface area contributed by atoms with E-state index in [1.807, 2.05) is 40.4 Å². The van der Waals surface area contributed by atoms with E-state index in [1.165, 1.54) is 29.8 Å². The third-order valence-electron chi connectivity index (χ3n) is 3.17. The topological polar surface area (TPSA) is 92.9 Å². The van der Waals surface area contributed by atoms with E-state index in [0.29, 0.717) is 21.4 Å². The largest absolute Gasteiger partial charge is 0.465 e. The van der Waals surface area contributed by atoms with Gasteiger partial charge in [-0.2, -0.15) is 9.83 Å². The van der Waals surface area contributed by atoms with Crippen molar-refractivity contribution in [2.75, 3.05) is 12.8 Å². The summed E-state index contributed by atoms with van der Waals surface area (Å²) in [4.78, 5) is 16.4. The van der Waals surface area contributed by atoms with Gasteiger partial charge in [-0.3, -0.25) is 0 Å². The summed E-state index contributed by atoms with van der Waals surface area (Å²) in [5.41, 5.74) is 8.00. The van der Waals surface area contributed by atoms with Crippen LogP contribution in [0.1, 0.15) is 14.7 Å². The third-order valence-corrected chi connectivity index (χ3v) is 4.88. The zero-order chi connectivity index (χ0) is 16.4. The van der Waals surface area contributed by atoms with Gasteiger partial charge in [-0.1, -0.05) is 17.4 Å². The van der Waals surface area contributed by atoms with Crippen molar-refractivity contribution in [1.29, 1.82) is 5.26 Å². The molecule has 0 amide bonds. The number of hydrogen-bond donors (Lipinski definition) is 1. The van der Waals surface area contributed by atoms with Crippen LogP contribution in [-0.2, 0) is 4.74 Å². The zero-order valence-electron chi connectivity index (χ0n) is 12.0. The van der Waals surface area contributed by atoms with Crippen molar-refractivity contribution in [1.82, 2.24) is 4.98 Å². The van der Waals surface area contributed by atoms with Crippen LogP contribution in [0.4, 0.5) is 5.69 Å². The Labute approximate surface area is 140 Å². The number of pyridine rings is 1. The van der Waals surface area contributed by atoms with Crippen molar-refractivity contribution in [2.24, 2.45) is 0 Å². The van der Waals surface area contributed by atoms with Gasteiger partial charge in [-0.15, -0.1) is 11.3 Å². The number of nitriles is 1. The number of thiazole rings is 1. The van der Waals surface area contributed by atoms with Gasteiger partial charge in [0.1, 0.15) is 10.6 Å². The maximum Gasteiger partial charge on any atom is 0.350 e. The normalized spacial score (nSPS) is 10.3. The summed E-state index contributed by atoms with van der Waals surface area (Å²) in [6.45, 7) is 0. The fourth-order valence-electron chi connectivity index (χ4n) is 2.11. The summed E-state index contributed by atoms with van der Waals surface area (Å²) in [5.74, 6) is 0.175. The highest BCUT2D eigenvalue weighted by atomic mass is 32.1. The molecule has 3 aromatic rings. The third kappa shape index (κ3) is 2.67. The Morgan fingerprint density at radius 3 is 2.91 bits per heavy atom. The fraction of sp³-hybridized carbons (Fsp3) is 0.0667. The average molecular weight is 343 g/mol. The molecule has 0 unspecified atom stereocenters. The van der Waals surface area contributed by atoms with Crippen LogP contribution >= 0.6 is 22.7 Å². The van der Waals surface area contributed by atoms with E-state index in [1.54, 1.807) is 5.38 Å². The molecule has 8 heteroatoms. The molecule has 0 aliphatic heterocycles. The first kappa shape index (κ1) is 15.1. The van der Waals surface area contributed by atoms with Gasteiger partial charge < -0.3 is 10.5 Å². The smallest absolute Gasteiger partial charge is 0.350 e. The highest BCUT2D eigenvalue weighted by Crippen LogP contribution is 2.33. The SMILES string of the molecule is COC(=O)c1scc(-c2cccc[n+]2-c2csc(C#N)n2)c1N. The van der Waals surface area contributed by atoms with Crippen LogP contribution in [-0.4, -0.2) is 18.1 Å². The van der Waals surface area contributed by atoms with Gasteiger partial charge in [0.15, 0.2) is 6.07 Å². The van der Waals surface area contributed by atoms with Gasteiger partial charge in [0, 0.05) is 5.38 Å². The molecule has 114 valence electrons. The second-order valence-electron chi connectivity index (χ2n) is 4.46. The lowest BCUT2D eigenvalue weighted by molar-refractivity contribution is -0.587. The molecule has 0 spiro atoms. The highest BCUT2D eigenvalue weighted by Gasteiger charge is 2.23. The standard InChI is InChI=1S/C15H10N4O2S2/c1-21-15(20)14-13(17)9(7-23-14)10-4-2-3-5-19(10)11-8-22-12(6-16)18-11/h2-5,7-8H,1H3,(H-,17,20)/p+1. The molecular formula is C15H11N4O2S2+. The number of nitrogens with two attached hydrogens (primary N) is 1. The number of thiophene rings is 1. The maximum absolute atomic E-state index is 11.7. The zero-order valence-corrected chi connectivity index (χ0v) is 13.6. The van der Waals surface area contributed by atoms with E-state index in [-0.39, 0.29) is 0 Å². The second kappa shape index (κ2) is 6.16. The van der Waals surface area contributed by atoms with Gasteiger partial charge in [0.25, 0.3) is 0 Å². The van der Waals surface area contributed by atoms with Crippen LogP contribution in [0.5, 0.6) is 0 Å². The van der Waals surface area contributed by atoms with Gasteiger partial charge in [-0.25, -0.2) is 4.79 Å². The molecule has 0 aliphatic rings. The van der Waals surface area contributed by atoms with Crippen molar-refractivity contribution >= 4 is 34.3 Å². The molecule has 0 radical (unpaired) electrons. The lowest BCUT2D eigenvalue weighted by Crippen LogP contribution is -2.33. The number of carbonyl (C=O) groups excluding carboxylic acids is 1. The number of ether oxygens (including phenoxy) is 1. The number of esters is 1. The summed E-state index contributed by atoms with van der Waals surface area (Å²) in [6.07, 6.45) is 1.83. The molecule has 3 aromatic heterocycles. The number of methoxy groups -OCH3 is 1. The number of hydrogen-bond acceptors (Lipinski definition) is 7. The average Bonchev–Trinajstić information content (AvgIpc) is 3.21. The van der Waals surface area contributed by atoms with Gasteiger partial charge in [0.2, 0.25) is 0 Å². The van der Waals surface area contributed by atoms with Crippen LogP contribution in [0.15, 0.2) is 35.2 Å². The lowest BCUT2D eigenvalue weighted by Gasteiger charge is -2.04. The second-order valence-corrected chi connectivity index (χ2v) is 6.20. The van der Waals surface area contributed by atoms with Crippen molar-refractivity contribution in [3.05, 3.63) is 45.0 Å². The van der Waals surface area contributed by atoms with E-state index in [9.17, 15) is 4.79 Å². The van der Waals surface area contributed by atoms with E-state index in [0.717, 1.165) is 11.3 Å². The van der Waals surface area contributed by atoms with E-state index >= 15 is 0 Å². The molecule has 0 aliphatic carbocycles. The minimum Gasteiger partial charge on any atom is -0.465 e. The number of carbonyl (C=O) groups is 1. The summed E-state index contributed by atoms with van der Waals surface area (Å²) in [7, 11) is 1.32. The Hall–Kier alpha value is -2.76. The number of anilines is 1. The van der Waals surface area contributed by atoms with E-state index in [4.69, 9.17) is 15.7 Å². The van der Waals surface area contributed by atoms with Gasteiger partial charge in [-0.05, 0) is 17.1 Å². The van der Waals surface area contributed by atoms with Gasteiger partial charge in [0.05, 0.1) is 29.9 Å². The Bertz CT molecular complexity index is 924. The molecule has 0 bridgehead atoms. The lowest BCUT2D eigenvalue weighted by atomic mass is 10.1. The monoisotopic (exact) mass is 343 g/mol. The number of nitrogen functional groups attached to an aromatic ring is 1. The Morgan fingerprint density at radius 1 is 1.39 bits per heavy atom. The number of aromatic nitrogens is 2. The predicted octanol–water partition coefficient (Wildman–Crippen LogP) is 2.39. The Kier molecular flexibility index (Phi) is 4.06. The fourth-order valence-corrected chi connectivity index (χ4v) is 3.59. The summed E-state index contributed by atoms with van der Waals surface area (Å²) >= 11 is 2.50. The summed E-state index contributed by atoms with van der Waals surface area (Å²) in [5, 5.41) is 12.9. The van der Waals surface area contributed by atoms with E-state index < -0.39 is 5.97 Å². The number of nitrogens with zero attached hydrogens (tertiary/aromatic N) is 3. The quantitative estimate of drug-likeness (QED) is 0.582. The first-order chi connectivity index (χ1) is 11.2. The van der Waals surface area contributed by atoms with Crippen molar-refractivity contribution in [2.45, 2.75) is 0 Å². The van der Waals surface area contributed by atoms with Crippen molar-refractivity contribution in [3.8, 4) is 23.1 Å². The highest BCUT2D eigenvalue weighted by molar-refractivity contribution is 7.13. The minimum absolute atomic E-state index is 0.369. The molecule has 3 heterocycles. The minimum atomic E-state index is -0.457. The first-order valence-electron chi connectivity index (χ1n) is 6.48. The maximum atomic E-state index is 11.7. The first-order valence-corrected chi connectivity index (χ1v) is 8.24. The molecule has 3 rings (SSSR count). The van der Waals surface area contributed by atoms with Crippen LogP contribution in [0, 0.1) is 11.3 Å². The summed E-state index contributed by atoms with van der Waals surface area (Å²) in [6, 6.07) is 7.64. The molecule has 0 fully saturated rings. The molecule has 0 atom stereocenters. The molecule has 0 saturated carbocycles.